The van der Waals surface area contributed by atoms with Gasteiger partial charge in [-0.2, -0.15) is 0 Å². The minimum absolute atomic E-state index is 0.120. The third-order valence-electron chi connectivity index (χ3n) is 3.02. The molecular weight excluding hydrogens is 268 g/mol. The van der Waals surface area contributed by atoms with E-state index in [0.717, 1.165) is 23.5 Å². The Balaban J connectivity index is 1.93. The molecule has 0 aliphatic rings. The number of nitrogens with zero attached hydrogens (tertiary/aromatic N) is 1. The minimum Gasteiger partial charge on any atom is -0.396 e. The molecule has 0 radical (unpaired) electrons. The molecule has 4 heteroatoms. The van der Waals surface area contributed by atoms with Crippen LogP contribution >= 0.6 is 11.3 Å². The fourth-order valence-corrected chi connectivity index (χ4v) is 2.75. The molecule has 0 spiro atoms. The van der Waals surface area contributed by atoms with Crippen LogP contribution in [0.25, 0.3) is 0 Å². The SMILES string of the molecule is CC(C)(C)c1nc(CNc2ccc(CCO)cc2)cs1. The van der Waals surface area contributed by atoms with Crippen LogP contribution in [0.15, 0.2) is 29.6 Å². The molecule has 0 bridgehead atoms. The molecule has 0 unspecified atom stereocenters. The Morgan fingerprint density at radius 2 is 1.90 bits per heavy atom. The standard InChI is InChI=1S/C16H22N2OS/c1-16(2,3)15-18-14(11-20-15)10-17-13-6-4-12(5-7-13)8-9-19/h4-7,11,17,19H,8-10H2,1-3H3. The lowest BCUT2D eigenvalue weighted by atomic mass is 9.98. The monoisotopic (exact) mass is 290 g/mol. The number of hydrogen-bond acceptors (Lipinski definition) is 4. The highest BCUT2D eigenvalue weighted by Gasteiger charge is 2.17. The Morgan fingerprint density at radius 3 is 2.45 bits per heavy atom. The van der Waals surface area contributed by atoms with Gasteiger partial charge in [0, 0.05) is 23.1 Å². The molecule has 0 saturated carbocycles. The molecule has 0 fully saturated rings. The zero-order valence-electron chi connectivity index (χ0n) is 12.3. The fourth-order valence-electron chi connectivity index (χ4n) is 1.84. The highest BCUT2D eigenvalue weighted by atomic mass is 32.1. The van der Waals surface area contributed by atoms with Gasteiger partial charge >= 0.3 is 0 Å². The van der Waals surface area contributed by atoms with Gasteiger partial charge in [0.1, 0.15) is 0 Å². The normalized spacial score (nSPS) is 11.6. The second-order valence-corrected chi connectivity index (χ2v) is 6.78. The maximum atomic E-state index is 8.89. The molecule has 2 N–H and O–H groups in total. The van der Waals surface area contributed by atoms with Gasteiger partial charge in [-0.1, -0.05) is 32.9 Å². The summed E-state index contributed by atoms with van der Waals surface area (Å²) >= 11 is 1.72. The van der Waals surface area contributed by atoms with Crippen molar-refractivity contribution in [1.29, 1.82) is 0 Å². The summed E-state index contributed by atoms with van der Waals surface area (Å²) in [5.74, 6) is 0. The van der Waals surface area contributed by atoms with E-state index in [0.29, 0.717) is 6.42 Å². The summed E-state index contributed by atoms with van der Waals surface area (Å²) in [5, 5.41) is 15.6. The van der Waals surface area contributed by atoms with E-state index >= 15 is 0 Å². The first kappa shape index (κ1) is 15.0. The van der Waals surface area contributed by atoms with Crippen molar-refractivity contribution in [3.8, 4) is 0 Å². The molecule has 0 saturated heterocycles. The number of aliphatic hydroxyl groups is 1. The maximum Gasteiger partial charge on any atom is 0.0982 e. The topological polar surface area (TPSA) is 45.2 Å². The molecule has 0 aliphatic carbocycles. The Kier molecular flexibility index (Phi) is 4.78. The molecule has 108 valence electrons. The molecule has 1 aromatic heterocycles. The van der Waals surface area contributed by atoms with Gasteiger partial charge in [0.25, 0.3) is 0 Å². The lowest BCUT2D eigenvalue weighted by molar-refractivity contribution is 0.299. The summed E-state index contributed by atoms with van der Waals surface area (Å²) in [5.41, 5.74) is 3.44. The van der Waals surface area contributed by atoms with Crippen molar-refractivity contribution < 1.29 is 5.11 Å². The zero-order chi connectivity index (χ0) is 14.6. The van der Waals surface area contributed by atoms with E-state index in [2.05, 4.69) is 36.5 Å². The summed E-state index contributed by atoms with van der Waals surface area (Å²) in [7, 11) is 0. The first-order valence-electron chi connectivity index (χ1n) is 6.87. The zero-order valence-corrected chi connectivity index (χ0v) is 13.1. The van der Waals surface area contributed by atoms with Gasteiger partial charge < -0.3 is 10.4 Å². The average molecular weight is 290 g/mol. The maximum absolute atomic E-state index is 8.89. The van der Waals surface area contributed by atoms with Crippen LogP contribution in [-0.2, 0) is 18.4 Å². The second-order valence-electron chi connectivity index (χ2n) is 5.92. The molecule has 1 aromatic carbocycles. The smallest absolute Gasteiger partial charge is 0.0982 e. The van der Waals surface area contributed by atoms with E-state index in [1.807, 2.05) is 24.3 Å². The van der Waals surface area contributed by atoms with Gasteiger partial charge in [-0.05, 0) is 24.1 Å². The van der Waals surface area contributed by atoms with Gasteiger partial charge in [-0.25, -0.2) is 4.98 Å². The van der Waals surface area contributed by atoms with Crippen molar-refractivity contribution in [2.75, 3.05) is 11.9 Å². The molecule has 0 amide bonds. The molecule has 0 atom stereocenters. The first-order valence-corrected chi connectivity index (χ1v) is 7.75. The van der Waals surface area contributed by atoms with E-state index in [-0.39, 0.29) is 12.0 Å². The summed E-state index contributed by atoms with van der Waals surface area (Å²) in [6, 6.07) is 8.17. The lowest BCUT2D eigenvalue weighted by Gasteiger charge is -2.13. The van der Waals surface area contributed by atoms with Crippen LogP contribution in [0.5, 0.6) is 0 Å². The predicted octanol–water partition coefficient (Wildman–Crippen LogP) is 3.59. The van der Waals surface area contributed by atoms with Crippen LogP contribution in [0.4, 0.5) is 5.69 Å². The van der Waals surface area contributed by atoms with Crippen molar-refractivity contribution in [2.24, 2.45) is 0 Å². The van der Waals surface area contributed by atoms with Crippen molar-refractivity contribution in [3.63, 3.8) is 0 Å². The molecular formula is C16H22N2OS. The largest absolute Gasteiger partial charge is 0.396 e. The number of hydrogen-bond donors (Lipinski definition) is 2. The van der Waals surface area contributed by atoms with Gasteiger partial charge in [-0.15, -0.1) is 11.3 Å². The highest BCUT2D eigenvalue weighted by molar-refractivity contribution is 7.09. The molecule has 0 aliphatic heterocycles. The minimum atomic E-state index is 0.120. The quantitative estimate of drug-likeness (QED) is 0.884. The van der Waals surface area contributed by atoms with Crippen LogP contribution in [0.1, 0.15) is 37.0 Å². The van der Waals surface area contributed by atoms with E-state index in [4.69, 9.17) is 5.11 Å². The molecule has 2 aromatic rings. The van der Waals surface area contributed by atoms with Crippen molar-refractivity contribution in [2.45, 2.75) is 39.2 Å². The highest BCUT2D eigenvalue weighted by Crippen LogP contribution is 2.25. The van der Waals surface area contributed by atoms with Gasteiger partial charge in [0.2, 0.25) is 0 Å². The van der Waals surface area contributed by atoms with Gasteiger partial charge in [-0.3, -0.25) is 0 Å². The number of aliphatic hydroxyl groups excluding tert-OH is 1. The van der Waals surface area contributed by atoms with E-state index in [9.17, 15) is 0 Å². The molecule has 2 rings (SSSR count). The number of rotatable bonds is 5. The van der Waals surface area contributed by atoms with Gasteiger partial charge in [0.05, 0.1) is 17.2 Å². The second kappa shape index (κ2) is 6.37. The van der Waals surface area contributed by atoms with E-state index < -0.39 is 0 Å². The summed E-state index contributed by atoms with van der Waals surface area (Å²) < 4.78 is 0. The van der Waals surface area contributed by atoms with Crippen LogP contribution in [-0.4, -0.2) is 16.7 Å². The Hall–Kier alpha value is -1.39. The number of thiazole rings is 1. The number of aromatic nitrogens is 1. The molecule has 20 heavy (non-hydrogen) atoms. The Bertz CT molecular complexity index is 540. The third-order valence-corrected chi connectivity index (χ3v) is 4.34. The van der Waals surface area contributed by atoms with Crippen molar-refractivity contribution >= 4 is 17.0 Å². The summed E-state index contributed by atoms with van der Waals surface area (Å²) in [6.45, 7) is 7.49. The van der Waals surface area contributed by atoms with E-state index in [1.165, 1.54) is 5.01 Å². The Labute approximate surface area is 124 Å². The molecule has 3 nitrogen and oxygen atoms in total. The summed E-state index contributed by atoms with van der Waals surface area (Å²) in [6.07, 6.45) is 0.710. The Morgan fingerprint density at radius 1 is 1.20 bits per heavy atom. The van der Waals surface area contributed by atoms with Crippen molar-refractivity contribution in [1.82, 2.24) is 4.98 Å². The average Bonchev–Trinajstić information content (AvgIpc) is 2.87. The lowest BCUT2D eigenvalue weighted by Crippen LogP contribution is -2.11. The summed E-state index contributed by atoms with van der Waals surface area (Å²) in [4.78, 5) is 4.67. The predicted molar refractivity (Wildman–Crippen MR) is 85.4 cm³/mol. The fraction of sp³-hybridized carbons (Fsp3) is 0.438. The van der Waals surface area contributed by atoms with E-state index in [1.54, 1.807) is 11.3 Å². The van der Waals surface area contributed by atoms with Crippen LogP contribution in [0, 0.1) is 0 Å². The van der Waals surface area contributed by atoms with Crippen LogP contribution in [0.3, 0.4) is 0 Å². The van der Waals surface area contributed by atoms with Gasteiger partial charge in [0.15, 0.2) is 0 Å². The van der Waals surface area contributed by atoms with Crippen LogP contribution in [0.2, 0.25) is 0 Å². The number of anilines is 1. The first-order chi connectivity index (χ1) is 9.49. The number of nitrogens with one attached hydrogen (secondary N) is 1. The third kappa shape index (κ3) is 4.05. The van der Waals surface area contributed by atoms with Crippen LogP contribution < -0.4 is 5.32 Å². The molecule has 1 heterocycles. The number of benzene rings is 1. The van der Waals surface area contributed by atoms with Crippen molar-refractivity contribution in [3.05, 3.63) is 45.9 Å².